The number of carboxylic acids is 1. The number of thioether (sulfide) groups is 1. The molecule has 96 valence electrons. The molecule has 0 aromatic carbocycles. The molecule has 0 radical (unpaired) electrons. The van der Waals surface area contributed by atoms with Crippen LogP contribution in [0.3, 0.4) is 0 Å². The molecule has 6 nitrogen and oxygen atoms in total. The summed E-state index contributed by atoms with van der Waals surface area (Å²) in [5.41, 5.74) is 0.581. The molecule has 2 rings (SSSR count). The normalized spacial score (nSPS) is 10.7. The lowest BCUT2D eigenvalue weighted by atomic mass is 10.3. The highest BCUT2D eigenvalue weighted by atomic mass is 32.2. The van der Waals surface area contributed by atoms with Gasteiger partial charge < -0.3 is 9.63 Å². The van der Waals surface area contributed by atoms with Crippen molar-refractivity contribution in [3.63, 3.8) is 0 Å². The Labute approximate surface area is 111 Å². The molecule has 0 bridgehead atoms. The topological polar surface area (TPSA) is 89.1 Å². The van der Waals surface area contributed by atoms with Crippen LogP contribution >= 0.6 is 23.1 Å². The van der Waals surface area contributed by atoms with E-state index in [1.165, 1.54) is 23.1 Å². The number of hydrogen-bond acceptors (Lipinski definition) is 7. The van der Waals surface area contributed by atoms with Gasteiger partial charge in [-0.2, -0.15) is 4.98 Å². The lowest BCUT2D eigenvalue weighted by Crippen LogP contribution is -1.99. The Morgan fingerprint density at radius 2 is 2.39 bits per heavy atom. The lowest BCUT2D eigenvalue weighted by Gasteiger charge is -1.91. The molecule has 0 atom stereocenters. The van der Waals surface area contributed by atoms with Crippen LogP contribution in [0.15, 0.2) is 14.2 Å². The van der Waals surface area contributed by atoms with Crippen molar-refractivity contribution in [3.8, 4) is 0 Å². The van der Waals surface area contributed by atoms with Crippen molar-refractivity contribution < 1.29 is 14.4 Å². The number of aromatic nitrogens is 3. The van der Waals surface area contributed by atoms with Gasteiger partial charge in [0.25, 0.3) is 0 Å². The number of thiazole rings is 1. The Morgan fingerprint density at radius 1 is 1.56 bits per heavy atom. The molecule has 0 saturated carbocycles. The molecule has 8 heteroatoms. The van der Waals surface area contributed by atoms with E-state index in [-0.39, 0.29) is 6.42 Å². The number of aryl methyl sites for hydroxylation is 1. The van der Waals surface area contributed by atoms with Gasteiger partial charge in [0.15, 0.2) is 10.2 Å². The van der Waals surface area contributed by atoms with Crippen molar-refractivity contribution in [2.24, 2.45) is 0 Å². The highest BCUT2D eigenvalue weighted by molar-refractivity contribution is 8.00. The zero-order chi connectivity index (χ0) is 13.0. The summed E-state index contributed by atoms with van der Waals surface area (Å²) in [4.78, 5) is 18.9. The Hall–Kier alpha value is -1.41. The second kappa shape index (κ2) is 5.96. The van der Waals surface area contributed by atoms with E-state index in [4.69, 9.17) is 9.63 Å². The van der Waals surface area contributed by atoms with E-state index in [2.05, 4.69) is 15.1 Å². The van der Waals surface area contributed by atoms with Crippen LogP contribution in [0.25, 0.3) is 0 Å². The van der Waals surface area contributed by atoms with E-state index in [0.717, 1.165) is 10.8 Å². The summed E-state index contributed by atoms with van der Waals surface area (Å²) in [5, 5.41) is 14.2. The van der Waals surface area contributed by atoms with Crippen LogP contribution in [0.5, 0.6) is 0 Å². The van der Waals surface area contributed by atoms with Gasteiger partial charge in [-0.3, -0.25) is 4.79 Å². The molecular weight excluding hydrogens is 274 g/mol. The third-order valence-corrected chi connectivity index (χ3v) is 4.07. The van der Waals surface area contributed by atoms with E-state index in [0.29, 0.717) is 23.2 Å². The van der Waals surface area contributed by atoms with E-state index in [1.54, 1.807) is 5.38 Å². The fraction of sp³-hybridized carbons (Fsp3) is 0.400. The zero-order valence-corrected chi connectivity index (χ0v) is 11.3. The molecule has 0 fully saturated rings. The molecule has 0 saturated heterocycles. The highest BCUT2D eigenvalue weighted by Crippen LogP contribution is 2.25. The van der Waals surface area contributed by atoms with E-state index >= 15 is 0 Å². The van der Waals surface area contributed by atoms with Gasteiger partial charge in [0.2, 0.25) is 5.89 Å². The predicted octanol–water partition coefficient (Wildman–Crippen LogP) is 2.01. The minimum atomic E-state index is -0.873. The first kappa shape index (κ1) is 13.0. The first-order valence-electron chi connectivity index (χ1n) is 5.28. The third kappa shape index (κ3) is 3.54. The fourth-order valence-corrected chi connectivity index (χ4v) is 2.90. The van der Waals surface area contributed by atoms with E-state index in [9.17, 15) is 4.79 Å². The molecule has 1 N–H and O–H groups in total. The van der Waals surface area contributed by atoms with Gasteiger partial charge in [0.1, 0.15) is 0 Å². The van der Waals surface area contributed by atoms with Gasteiger partial charge >= 0.3 is 5.97 Å². The highest BCUT2D eigenvalue weighted by Gasteiger charge is 2.09. The lowest BCUT2D eigenvalue weighted by molar-refractivity contribution is -0.136. The predicted molar refractivity (Wildman–Crippen MR) is 66.7 cm³/mol. The summed E-state index contributed by atoms with van der Waals surface area (Å²) in [6, 6.07) is 0. The van der Waals surface area contributed by atoms with Gasteiger partial charge in [-0.25, -0.2) is 4.98 Å². The van der Waals surface area contributed by atoms with Gasteiger partial charge in [0, 0.05) is 11.8 Å². The second-order valence-electron chi connectivity index (χ2n) is 3.42. The minimum Gasteiger partial charge on any atom is -0.481 e. The standard InChI is InChI=1S/C10H11N3O3S2/c1-2-8-12-7(13-16-8)5-18-10-11-6(4-17-10)3-9(14)15/h4H,2-3,5H2,1H3,(H,14,15). The summed E-state index contributed by atoms with van der Waals surface area (Å²) < 4.78 is 5.80. The maximum atomic E-state index is 10.5. The first-order valence-corrected chi connectivity index (χ1v) is 7.14. The van der Waals surface area contributed by atoms with Crippen LogP contribution < -0.4 is 0 Å². The van der Waals surface area contributed by atoms with Gasteiger partial charge in [-0.1, -0.05) is 23.8 Å². The van der Waals surface area contributed by atoms with Crippen molar-refractivity contribution in [2.75, 3.05) is 0 Å². The van der Waals surface area contributed by atoms with Gasteiger partial charge in [0.05, 0.1) is 17.9 Å². The first-order chi connectivity index (χ1) is 8.67. The van der Waals surface area contributed by atoms with Crippen molar-refractivity contribution in [1.82, 2.24) is 15.1 Å². The second-order valence-corrected chi connectivity index (χ2v) is 5.50. The molecule has 2 heterocycles. The molecular formula is C10H11N3O3S2. The average Bonchev–Trinajstić information content (AvgIpc) is 2.94. The number of nitrogens with zero attached hydrogens (tertiary/aromatic N) is 3. The largest absolute Gasteiger partial charge is 0.481 e. The summed E-state index contributed by atoms with van der Waals surface area (Å²) >= 11 is 2.90. The Kier molecular flexibility index (Phi) is 4.32. The molecule has 0 aliphatic heterocycles. The van der Waals surface area contributed by atoms with Crippen LogP contribution in [0.4, 0.5) is 0 Å². The van der Waals surface area contributed by atoms with Crippen molar-refractivity contribution in [3.05, 3.63) is 22.8 Å². The summed E-state index contributed by atoms with van der Waals surface area (Å²) in [7, 11) is 0. The summed E-state index contributed by atoms with van der Waals surface area (Å²) in [6.45, 7) is 1.95. The molecule has 0 amide bonds. The third-order valence-electron chi connectivity index (χ3n) is 2.00. The number of carboxylic acid groups (broad SMARTS) is 1. The van der Waals surface area contributed by atoms with E-state index < -0.39 is 5.97 Å². The molecule has 2 aromatic heterocycles. The molecule has 0 aliphatic rings. The van der Waals surface area contributed by atoms with Crippen molar-refractivity contribution >= 4 is 29.1 Å². The quantitative estimate of drug-likeness (QED) is 0.812. The Morgan fingerprint density at radius 3 is 3.06 bits per heavy atom. The monoisotopic (exact) mass is 285 g/mol. The van der Waals surface area contributed by atoms with Crippen LogP contribution in [0.1, 0.15) is 24.3 Å². The zero-order valence-electron chi connectivity index (χ0n) is 9.62. The molecule has 0 unspecified atom stereocenters. The van der Waals surface area contributed by atoms with E-state index in [1.807, 2.05) is 6.92 Å². The number of aliphatic carboxylic acids is 1. The van der Waals surface area contributed by atoms with Gasteiger partial charge in [-0.15, -0.1) is 11.3 Å². The van der Waals surface area contributed by atoms with Crippen LogP contribution in [-0.4, -0.2) is 26.2 Å². The van der Waals surface area contributed by atoms with Gasteiger partial charge in [-0.05, 0) is 0 Å². The maximum absolute atomic E-state index is 10.5. The minimum absolute atomic E-state index is 0.0424. The molecule has 18 heavy (non-hydrogen) atoms. The number of hydrogen-bond donors (Lipinski definition) is 1. The summed E-state index contributed by atoms with van der Waals surface area (Å²) in [5.74, 6) is 0.953. The molecule has 0 spiro atoms. The molecule has 0 aliphatic carbocycles. The Balaban J connectivity index is 1.89. The number of rotatable bonds is 6. The average molecular weight is 285 g/mol. The SMILES string of the molecule is CCc1nc(CSc2nc(CC(=O)O)cs2)no1. The van der Waals surface area contributed by atoms with Crippen LogP contribution in [0, 0.1) is 0 Å². The molecule has 2 aromatic rings. The van der Waals surface area contributed by atoms with Crippen LogP contribution in [-0.2, 0) is 23.4 Å². The Bertz CT molecular complexity index is 538. The fourth-order valence-electron chi connectivity index (χ4n) is 1.21. The number of carbonyl (C=O) groups is 1. The van der Waals surface area contributed by atoms with Crippen molar-refractivity contribution in [2.45, 2.75) is 29.9 Å². The van der Waals surface area contributed by atoms with Crippen LogP contribution in [0.2, 0.25) is 0 Å². The smallest absolute Gasteiger partial charge is 0.309 e. The maximum Gasteiger partial charge on any atom is 0.309 e. The summed E-state index contributed by atoms with van der Waals surface area (Å²) in [6.07, 6.45) is 0.678. The van der Waals surface area contributed by atoms with Crippen molar-refractivity contribution in [1.29, 1.82) is 0 Å².